The Morgan fingerprint density at radius 1 is 1.36 bits per heavy atom. The van der Waals surface area contributed by atoms with E-state index in [-0.39, 0.29) is 11.9 Å². The molecular formula is C12H12O2. The molecule has 0 aliphatic carbocycles. The van der Waals surface area contributed by atoms with Crippen LogP contribution in [0.1, 0.15) is 19.4 Å². The van der Waals surface area contributed by atoms with Gasteiger partial charge in [0, 0.05) is 5.56 Å². The summed E-state index contributed by atoms with van der Waals surface area (Å²) in [6, 6.07) is 6.86. The van der Waals surface area contributed by atoms with Crippen molar-refractivity contribution in [2.24, 2.45) is 5.92 Å². The number of carbonyl (C=O) groups is 1. The van der Waals surface area contributed by atoms with Crippen molar-refractivity contribution in [1.29, 1.82) is 0 Å². The zero-order valence-electron chi connectivity index (χ0n) is 8.28. The van der Waals surface area contributed by atoms with Crippen molar-refractivity contribution in [2.75, 3.05) is 0 Å². The number of terminal acetylenes is 1. The number of hydrogen-bond donors (Lipinski definition) is 0. The van der Waals surface area contributed by atoms with Gasteiger partial charge in [0.25, 0.3) is 0 Å². The van der Waals surface area contributed by atoms with Crippen LogP contribution in [0.4, 0.5) is 0 Å². The lowest BCUT2D eigenvalue weighted by atomic mass is 10.2. The van der Waals surface area contributed by atoms with E-state index in [4.69, 9.17) is 11.2 Å². The van der Waals surface area contributed by atoms with Gasteiger partial charge < -0.3 is 4.74 Å². The average molecular weight is 188 g/mol. The van der Waals surface area contributed by atoms with Crippen molar-refractivity contribution < 1.29 is 9.53 Å². The second-order valence-electron chi connectivity index (χ2n) is 3.24. The molecule has 0 bridgehead atoms. The maximum atomic E-state index is 11.2. The third kappa shape index (κ3) is 2.63. The molecule has 0 saturated heterocycles. The van der Waals surface area contributed by atoms with Crippen molar-refractivity contribution in [2.45, 2.75) is 13.8 Å². The summed E-state index contributed by atoms with van der Waals surface area (Å²) in [6.45, 7) is 3.58. The lowest BCUT2D eigenvalue weighted by Gasteiger charge is -2.05. The highest BCUT2D eigenvalue weighted by Gasteiger charge is 2.08. The lowest BCUT2D eigenvalue weighted by Crippen LogP contribution is -2.14. The van der Waals surface area contributed by atoms with Crippen molar-refractivity contribution in [1.82, 2.24) is 0 Å². The fraction of sp³-hybridized carbons (Fsp3) is 0.250. The standard InChI is InChI=1S/C12H12O2/c1-4-10-5-7-11(8-6-10)14-12(13)9(2)3/h1,5-9H,2-3H3. The third-order valence-electron chi connectivity index (χ3n) is 1.71. The van der Waals surface area contributed by atoms with Crippen LogP contribution >= 0.6 is 0 Å². The summed E-state index contributed by atoms with van der Waals surface area (Å²) in [5.74, 6) is 2.66. The molecule has 2 nitrogen and oxygen atoms in total. The van der Waals surface area contributed by atoms with E-state index in [2.05, 4.69) is 5.92 Å². The molecule has 72 valence electrons. The molecule has 0 unspecified atom stereocenters. The number of rotatable bonds is 2. The highest BCUT2D eigenvalue weighted by Crippen LogP contribution is 2.13. The maximum absolute atomic E-state index is 11.2. The Bertz CT molecular complexity index is 355. The zero-order valence-corrected chi connectivity index (χ0v) is 8.28. The van der Waals surface area contributed by atoms with Gasteiger partial charge in [-0.05, 0) is 24.3 Å². The monoisotopic (exact) mass is 188 g/mol. The maximum Gasteiger partial charge on any atom is 0.313 e. The number of benzene rings is 1. The molecule has 0 N–H and O–H groups in total. The van der Waals surface area contributed by atoms with Crippen LogP contribution in [0.3, 0.4) is 0 Å². The average Bonchev–Trinajstić information content (AvgIpc) is 2.19. The van der Waals surface area contributed by atoms with E-state index in [0.29, 0.717) is 5.75 Å². The summed E-state index contributed by atoms with van der Waals surface area (Å²) >= 11 is 0. The quantitative estimate of drug-likeness (QED) is 0.404. The highest BCUT2D eigenvalue weighted by atomic mass is 16.5. The van der Waals surface area contributed by atoms with Crippen LogP contribution in [-0.4, -0.2) is 5.97 Å². The van der Waals surface area contributed by atoms with Crippen molar-refractivity contribution in [3.05, 3.63) is 29.8 Å². The van der Waals surface area contributed by atoms with Gasteiger partial charge in [0.2, 0.25) is 0 Å². The van der Waals surface area contributed by atoms with E-state index in [9.17, 15) is 4.79 Å². The SMILES string of the molecule is C#Cc1ccc(OC(=O)C(C)C)cc1. The van der Waals surface area contributed by atoms with Crippen LogP contribution in [0, 0.1) is 18.3 Å². The molecule has 1 rings (SSSR count). The highest BCUT2D eigenvalue weighted by molar-refractivity contribution is 5.74. The van der Waals surface area contributed by atoms with E-state index >= 15 is 0 Å². The Hall–Kier alpha value is -1.75. The summed E-state index contributed by atoms with van der Waals surface area (Å²) in [5.41, 5.74) is 0.773. The molecule has 0 fully saturated rings. The molecule has 0 heterocycles. The topological polar surface area (TPSA) is 26.3 Å². The van der Waals surface area contributed by atoms with Gasteiger partial charge in [-0.2, -0.15) is 0 Å². The molecule has 0 spiro atoms. The van der Waals surface area contributed by atoms with Gasteiger partial charge in [0.15, 0.2) is 0 Å². The molecule has 2 heteroatoms. The normalized spacial score (nSPS) is 9.57. The van der Waals surface area contributed by atoms with Crippen molar-refractivity contribution in [3.8, 4) is 18.1 Å². The van der Waals surface area contributed by atoms with Gasteiger partial charge in [-0.3, -0.25) is 4.79 Å². The van der Waals surface area contributed by atoms with E-state index in [1.54, 1.807) is 38.1 Å². The second kappa shape index (κ2) is 4.48. The molecule has 1 aromatic rings. The summed E-state index contributed by atoms with van der Waals surface area (Å²) < 4.78 is 5.07. The molecule has 0 amide bonds. The van der Waals surface area contributed by atoms with Crippen LogP contribution in [0.2, 0.25) is 0 Å². The third-order valence-corrected chi connectivity index (χ3v) is 1.71. The second-order valence-corrected chi connectivity index (χ2v) is 3.24. The van der Waals surface area contributed by atoms with Crippen molar-refractivity contribution in [3.63, 3.8) is 0 Å². The molecule has 0 aliphatic heterocycles. The first-order valence-electron chi connectivity index (χ1n) is 4.42. The summed E-state index contributed by atoms with van der Waals surface area (Å²) in [4.78, 5) is 11.2. The molecule has 0 aliphatic rings. The van der Waals surface area contributed by atoms with Crippen LogP contribution in [0.5, 0.6) is 5.75 Å². The molecule has 0 saturated carbocycles. The van der Waals surface area contributed by atoms with Gasteiger partial charge in [0.05, 0.1) is 5.92 Å². The Balaban J connectivity index is 2.70. The minimum atomic E-state index is -0.238. The van der Waals surface area contributed by atoms with Crippen LogP contribution in [0.15, 0.2) is 24.3 Å². The Morgan fingerprint density at radius 2 is 1.93 bits per heavy atom. The van der Waals surface area contributed by atoms with E-state index in [0.717, 1.165) is 5.56 Å². The Kier molecular flexibility index (Phi) is 3.30. The fourth-order valence-electron chi connectivity index (χ4n) is 0.853. The minimum absolute atomic E-state index is 0.123. The van der Waals surface area contributed by atoms with Crippen LogP contribution in [-0.2, 0) is 4.79 Å². The van der Waals surface area contributed by atoms with Crippen LogP contribution < -0.4 is 4.74 Å². The molecule has 0 aromatic heterocycles. The first-order chi connectivity index (χ1) is 6.63. The van der Waals surface area contributed by atoms with Gasteiger partial charge >= 0.3 is 5.97 Å². The largest absolute Gasteiger partial charge is 0.426 e. The Labute approximate surface area is 83.9 Å². The van der Waals surface area contributed by atoms with E-state index in [1.807, 2.05) is 0 Å². The van der Waals surface area contributed by atoms with Crippen molar-refractivity contribution >= 4 is 5.97 Å². The first kappa shape index (κ1) is 10.3. The van der Waals surface area contributed by atoms with Gasteiger partial charge in [-0.25, -0.2) is 0 Å². The molecule has 14 heavy (non-hydrogen) atoms. The van der Waals surface area contributed by atoms with E-state index in [1.165, 1.54) is 0 Å². The summed E-state index contributed by atoms with van der Waals surface area (Å²) in [6.07, 6.45) is 5.19. The number of esters is 1. The van der Waals surface area contributed by atoms with Gasteiger partial charge in [-0.15, -0.1) is 6.42 Å². The van der Waals surface area contributed by atoms with Gasteiger partial charge in [0.1, 0.15) is 5.75 Å². The Morgan fingerprint density at radius 3 is 2.36 bits per heavy atom. The predicted molar refractivity (Wildman–Crippen MR) is 54.9 cm³/mol. The summed E-state index contributed by atoms with van der Waals surface area (Å²) in [7, 11) is 0. The predicted octanol–water partition coefficient (Wildman–Crippen LogP) is 2.23. The van der Waals surface area contributed by atoms with E-state index < -0.39 is 0 Å². The zero-order chi connectivity index (χ0) is 10.6. The minimum Gasteiger partial charge on any atom is -0.426 e. The summed E-state index contributed by atoms with van der Waals surface area (Å²) in [5, 5.41) is 0. The smallest absolute Gasteiger partial charge is 0.313 e. The lowest BCUT2D eigenvalue weighted by molar-refractivity contribution is -0.137. The molecular weight excluding hydrogens is 176 g/mol. The number of carbonyl (C=O) groups excluding carboxylic acids is 1. The van der Waals surface area contributed by atoms with Crippen LogP contribution in [0.25, 0.3) is 0 Å². The molecule has 1 aromatic carbocycles. The first-order valence-corrected chi connectivity index (χ1v) is 4.42. The molecule has 0 radical (unpaired) electrons. The number of hydrogen-bond acceptors (Lipinski definition) is 2. The molecule has 0 atom stereocenters. The fourth-order valence-corrected chi connectivity index (χ4v) is 0.853. The number of ether oxygens (including phenoxy) is 1. The van der Waals surface area contributed by atoms with Gasteiger partial charge in [-0.1, -0.05) is 19.8 Å².